The van der Waals surface area contributed by atoms with Gasteiger partial charge in [-0.05, 0) is 38.5 Å². The van der Waals surface area contributed by atoms with Crippen molar-refractivity contribution < 1.29 is 76.5 Å². The summed E-state index contributed by atoms with van der Waals surface area (Å²) in [6, 6.07) is 1.34. The van der Waals surface area contributed by atoms with Crippen LogP contribution in [-0.2, 0) is 44.5 Å². The summed E-state index contributed by atoms with van der Waals surface area (Å²) >= 11 is 0. The fourth-order valence-electron chi connectivity index (χ4n) is 7.84. The van der Waals surface area contributed by atoms with Crippen LogP contribution in [0.3, 0.4) is 0 Å². The minimum atomic E-state index is -6.09. The minimum Gasteiger partial charge on any atom is -0.741 e. The second-order valence-electron chi connectivity index (χ2n) is 17.0. The van der Waals surface area contributed by atoms with Crippen molar-refractivity contribution >= 4 is 44.1 Å². The van der Waals surface area contributed by atoms with E-state index in [1.807, 2.05) is 0 Å². The predicted molar refractivity (Wildman–Crippen MR) is 234 cm³/mol. The first-order valence-electron chi connectivity index (χ1n) is 21.7. The van der Waals surface area contributed by atoms with Gasteiger partial charge in [0, 0.05) is 122 Å². The summed E-state index contributed by atoms with van der Waals surface area (Å²) < 4.78 is 123. The van der Waals surface area contributed by atoms with Crippen LogP contribution in [0.2, 0.25) is 0 Å². The monoisotopic (exact) mass is 1050 g/mol. The molecule has 19 nitrogen and oxygen atoms in total. The van der Waals surface area contributed by atoms with Gasteiger partial charge < -0.3 is 53.0 Å². The molecule has 7 rings (SSSR count). The van der Waals surface area contributed by atoms with Gasteiger partial charge in [0.25, 0.3) is 0 Å². The van der Waals surface area contributed by atoms with Gasteiger partial charge in [-0.1, -0.05) is 25.7 Å². The van der Waals surface area contributed by atoms with Crippen LogP contribution >= 0.6 is 0 Å². The molecule has 5 heterocycles. The maximum atomic E-state index is 10.7. The summed E-state index contributed by atoms with van der Waals surface area (Å²) in [5.74, 6) is 4.57. The number of hydrogen-bond acceptors (Lipinski definition) is 11. The van der Waals surface area contributed by atoms with Gasteiger partial charge >= 0.3 is 30.5 Å². The molecule has 0 bridgehead atoms. The van der Waals surface area contributed by atoms with E-state index in [-0.39, 0.29) is 19.5 Å². The molecule has 7 aliphatic rings. The Morgan fingerprint density at radius 3 is 0.712 bits per heavy atom. The van der Waals surface area contributed by atoms with Crippen molar-refractivity contribution in [2.24, 2.45) is 20.0 Å². The molecule has 4 atom stereocenters. The Kier molecular flexibility index (Phi) is 23.5. The normalized spacial score (nSPS) is 25.0. The van der Waals surface area contributed by atoms with E-state index in [1.54, 1.807) is 0 Å². The predicted octanol–water partition coefficient (Wildman–Crippen LogP) is 2.43. The standard InChI is InChI=1S/2C16H30N6.C4H8O.2CHF3O3S.Zn/c2*1-19-9-10-20(2)15(19)17-13-7-5-6-8-14(13)18-16-21(3)11-12-22(16)4;1-2-4-5-3-1;2*2-1(3,4)8(5,6)7;/h2*13-14H,5-12H2,1-4H3;1-4H2;2*(H,5,6,7);/q;;;;;+2/p-2/t2*13-,14-;;;;/m11..../s1. The number of hydrogen-bond donors (Lipinski definition) is 0. The first-order valence-corrected chi connectivity index (χ1v) is 24.6. The van der Waals surface area contributed by atoms with Gasteiger partial charge in [0.1, 0.15) is 0 Å². The average molecular weight is 1050 g/mol. The van der Waals surface area contributed by atoms with Crippen LogP contribution in [0.5, 0.6) is 0 Å². The van der Waals surface area contributed by atoms with Crippen LogP contribution in [0.25, 0.3) is 0 Å². The summed E-state index contributed by atoms with van der Waals surface area (Å²) in [6.45, 7) is 10.6. The van der Waals surface area contributed by atoms with E-state index in [4.69, 9.17) is 50.6 Å². The van der Waals surface area contributed by atoms with Gasteiger partial charge in [-0.2, -0.15) is 26.3 Å². The molecule has 2 saturated carbocycles. The molecule has 5 aliphatic heterocycles. The number of nitrogens with zero attached hydrogens (tertiary/aromatic N) is 12. The molecular weight excluding hydrogens is 980 g/mol. The molecule has 0 radical (unpaired) electrons. The fraction of sp³-hybridized carbons (Fsp3) is 0.895. The first-order chi connectivity index (χ1) is 30.1. The minimum absolute atomic E-state index is 0. The van der Waals surface area contributed by atoms with E-state index in [0.29, 0.717) is 24.2 Å². The second kappa shape index (κ2) is 26.2. The summed E-state index contributed by atoms with van der Waals surface area (Å²) in [4.78, 5) is 38.5. The molecule has 2 aliphatic carbocycles. The Hall–Kier alpha value is -2.94. The second-order valence-corrected chi connectivity index (χ2v) is 19.8. The number of guanidine groups is 4. The van der Waals surface area contributed by atoms with Gasteiger partial charge in [0.15, 0.2) is 44.1 Å². The van der Waals surface area contributed by atoms with Crippen LogP contribution in [0, 0.1) is 0 Å². The third-order valence-corrected chi connectivity index (χ3v) is 12.9. The first kappa shape index (κ1) is 59.2. The van der Waals surface area contributed by atoms with Gasteiger partial charge in [-0.3, -0.25) is 0 Å². The molecule has 0 spiro atoms. The van der Waals surface area contributed by atoms with E-state index in [1.165, 1.54) is 64.2 Å². The van der Waals surface area contributed by atoms with E-state index >= 15 is 0 Å². The molecule has 66 heavy (non-hydrogen) atoms. The summed E-state index contributed by atoms with van der Waals surface area (Å²) in [7, 11) is 4.97. The van der Waals surface area contributed by atoms with Crippen molar-refractivity contribution in [3.05, 3.63) is 0 Å². The van der Waals surface area contributed by atoms with Crippen molar-refractivity contribution in [3.63, 3.8) is 0 Å². The Morgan fingerprint density at radius 1 is 0.424 bits per heavy atom. The largest absolute Gasteiger partial charge is 2.00 e. The van der Waals surface area contributed by atoms with Crippen LogP contribution in [0.4, 0.5) is 26.3 Å². The maximum absolute atomic E-state index is 10.7. The van der Waals surface area contributed by atoms with E-state index in [0.717, 1.165) is 89.4 Å². The zero-order valence-corrected chi connectivity index (χ0v) is 44.1. The Morgan fingerprint density at radius 2 is 0.591 bits per heavy atom. The maximum Gasteiger partial charge on any atom is 2.00 e. The summed E-state index contributed by atoms with van der Waals surface area (Å²) in [5.41, 5.74) is -11.3. The number of ether oxygens (including phenoxy) is 1. The zero-order valence-electron chi connectivity index (χ0n) is 39.5. The number of aliphatic imine (C=N–C) groups is 4. The van der Waals surface area contributed by atoms with E-state index in [9.17, 15) is 26.3 Å². The zero-order chi connectivity index (χ0) is 48.9. The number of likely N-dealkylation sites (N-methyl/N-ethyl adjacent to an activating group) is 8. The molecule has 0 aromatic carbocycles. The van der Waals surface area contributed by atoms with Crippen molar-refractivity contribution in [3.8, 4) is 0 Å². The topological polar surface area (TPSA) is 199 Å². The molecular formula is C38H68F6N12O7S2Zn. The SMILES string of the molecule is C1CCOC1.CN1CCN(C)C1=N[C@@H]1CCCC[C@H]1N=C1N(C)CCN1C.CN1CCN(C)C1=N[C@@H]1CCCC[C@H]1N=C1N(C)CCN1C.O=S(=O)([O-])C(F)(F)F.O=S(=O)([O-])C(F)(F)F.[Zn+2]. The average Bonchev–Trinajstić information content (AvgIpc) is 4.07. The van der Waals surface area contributed by atoms with Crippen molar-refractivity contribution in [2.75, 3.05) is 122 Å². The van der Waals surface area contributed by atoms with Gasteiger partial charge in [-0.25, -0.2) is 36.8 Å². The molecule has 0 N–H and O–H groups in total. The van der Waals surface area contributed by atoms with Crippen molar-refractivity contribution in [1.82, 2.24) is 39.2 Å². The number of rotatable bonds is 4. The van der Waals surface area contributed by atoms with Crippen molar-refractivity contribution in [2.45, 2.75) is 99.4 Å². The van der Waals surface area contributed by atoms with E-state index in [2.05, 4.69) is 95.6 Å². The summed E-state index contributed by atoms with van der Waals surface area (Å²) in [5, 5.41) is 0. The molecule has 5 saturated heterocycles. The van der Waals surface area contributed by atoms with Gasteiger partial charge in [-0.15, -0.1) is 0 Å². The molecule has 0 aromatic rings. The Labute approximate surface area is 399 Å². The van der Waals surface area contributed by atoms with Crippen molar-refractivity contribution in [1.29, 1.82) is 0 Å². The fourth-order valence-corrected chi connectivity index (χ4v) is 7.84. The smallest absolute Gasteiger partial charge is 0.741 e. The molecule has 378 valence electrons. The molecule has 0 unspecified atom stereocenters. The number of alkyl halides is 6. The Bertz CT molecular complexity index is 1600. The quantitative estimate of drug-likeness (QED) is 0.172. The van der Waals surface area contributed by atoms with Gasteiger partial charge in [0.05, 0.1) is 24.2 Å². The van der Waals surface area contributed by atoms with Crippen LogP contribution in [-0.4, -0.2) is 246 Å². The Balaban J connectivity index is 0.000000316. The molecule has 0 amide bonds. The van der Waals surface area contributed by atoms with Crippen LogP contribution in [0.1, 0.15) is 64.2 Å². The van der Waals surface area contributed by atoms with Crippen LogP contribution in [0.15, 0.2) is 20.0 Å². The molecule has 28 heteroatoms. The third kappa shape index (κ3) is 18.2. The van der Waals surface area contributed by atoms with Gasteiger partial charge in [0.2, 0.25) is 0 Å². The summed E-state index contributed by atoms with van der Waals surface area (Å²) in [6.07, 6.45) is 12.3. The third-order valence-electron chi connectivity index (χ3n) is 11.7. The molecule has 7 fully saturated rings. The molecule has 0 aromatic heterocycles. The van der Waals surface area contributed by atoms with Crippen LogP contribution < -0.4 is 0 Å². The number of halogens is 6. The van der Waals surface area contributed by atoms with E-state index < -0.39 is 31.3 Å².